The highest BCUT2D eigenvalue weighted by atomic mass is 19.1. The van der Waals surface area contributed by atoms with Crippen LogP contribution in [0.2, 0.25) is 0 Å². The van der Waals surface area contributed by atoms with E-state index >= 15 is 0 Å². The average Bonchev–Trinajstić information content (AvgIpc) is 2.21. The van der Waals surface area contributed by atoms with Gasteiger partial charge in [0.15, 0.2) is 12.5 Å². The van der Waals surface area contributed by atoms with Gasteiger partial charge in [-0.25, -0.2) is 4.39 Å². The second-order valence-corrected chi connectivity index (χ2v) is 4.16. The van der Waals surface area contributed by atoms with Gasteiger partial charge in [-0.05, 0) is 51.0 Å². The number of benzene rings is 1. The molecule has 0 saturated carbocycles. The maximum absolute atomic E-state index is 12.3. The minimum Gasteiger partial charge on any atom is -0.490 e. The fraction of sp³-hybridized carbons (Fsp3) is 0.462. The summed E-state index contributed by atoms with van der Waals surface area (Å²) >= 11 is 0. The Bertz CT molecular complexity index is 374. The van der Waals surface area contributed by atoms with Gasteiger partial charge < -0.3 is 4.74 Å². The Balaban J connectivity index is 3.12. The molecule has 1 aromatic rings. The van der Waals surface area contributed by atoms with Gasteiger partial charge >= 0.3 is 0 Å². The number of alkyl halides is 1. The molecule has 0 unspecified atom stereocenters. The molecule has 16 heavy (non-hydrogen) atoms. The molecule has 0 aliphatic heterocycles. The summed E-state index contributed by atoms with van der Waals surface area (Å²) in [6, 6.07) is 3.35. The second kappa shape index (κ2) is 5.10. The normalized spacial score (nSPS) is 10.6. The highest BCUT2D eigenvalue weighted by molar-refractivity contribution is 5.97. The third-order valence-corrected chi connectivity index (χ3v) is 2.26. The van der Waals surface area contributed by atoms with Crippen LogP contribution in [0.25, 0.3) is 0 Å². The zero-order chi connectivity index (χ0) is 12.3. The number of hydrogen-bond donors (Lipinski definition) is 0. The van der Waals surface area contributed by atoms with Crippen LogP contribution in [0.4, 0.5) is 4.39 Å². The summed E-state index contributed by atoms with van der Waals surface area (Å²) in [6.45, 7) is 6.65. The van der Waals surface area contributed by atoms with Gasteiger partial charge in [-0.15, -0.1) is 0 Å². The highest BCUT2D eigenvalue weighted by Gasteiger charge is 2.12. The van der Waals surface area contributed by atoms with E-state index in [9.17, 15) is 9.18 Å². The Morgan fingerprint density at radius 1 is 1.31 bits per heavy atom. The molecule has 0 N–H and O–H groups in total. The lowest BCUT2D eigenvalue weighted by atomic mass is 10.0. The average molecular weight is 224 g/mol. The SMILES string of the molecule is Cc1cc(C(=O)CF)cc(C)c1OC(C)C. The maximum Gasteiger partial charge on any atom is 0.193 e. The zero-order valence-electron chi connectivity index (χ0n) is 10.1. The van der Waals surface area contributed by atoms with Gasteiger partial charge in [0, 0.05) is 5.56 Å². The lowest BCUT2D eigenvalue weighted by molar-refractivity contribution is 0.0958. The van der Waals surface area contributed by atoms with E-state index in [2.05, 4.69) is 0 Å². The number of aryl methyl sites for hydroxylation is 2. The number of carbonyl (C=O) groups is 1. The van der Waals surface area contributed by atoms with Gasteiger partial charge in [0.05, 0.1) is 6.10 Å². The standard InChI is InChI=1S/C13H17FO2/c1-8(2)16-13-9(3)5-11(6-10(13)4)12(15)7-14/h5-6,8H,7H2,1-4H3. The Hall–Kier alpha value is -1.38. The van der Waals surface area contributed by atoms with Crippen molar-refractivity contribution in [2.45, 2.75) is 33.8 Å². The van der Waals surface area contributed by atoms with Crippen molar-refractivity contribution in [3.05, 3.63) is 28.8 Å². The van der Waals surface area contributed by atoms with E-state index in [0.29, 0.717) is 5.56 Å². The first-order valence-corrected chi connectivity index (χ1v) is 5.32. The summed E-state index contributed by atoms with van der Waals surface area (Å²) < 4.78 is 17.9. The van der Waals surface area contributed by atoms with Gasteiger partial charge in [0.25, 0.3) is 0 Å². The molecule has 3 heteroatoms. The molecule has 1 aromatic carbocycles. The first kappa shape index (κ1) is 12.7. The summed E-state index contributed by atoms with van der Waals surface area (Å²) in [7, 11) is 0. The van der Waals surface area contributed by atoms with Crippen LogP contribution < -0.4 is 4.74 Å². The molecule has 0 spiro atoms. The molecular formula is C13H17FO2. The molecule has 0 heterocycles. The van der Waals surface area contributed by atoms with Gasteiger partial charge in [0.1, 0.15) is 5.75 Å². The number of halogens is 1. The minimum atomic E-state index is -0.955. The first-order chi connectivity index (χ1) is 7.45. The van der Waals surface area contributed by atoms with Gasteiger partial charge in [-0.3, -0.25) is 4.79 Å². The van der Waals surface area contributed by atoms with Crippen LogP contribution in [0.3, 0.4) is 0 Å². The Labute approximate surface area is 95.4 Å². The van der Waals surface area contributed by atoms with Crippen LogP contribution in [0, 0.1) is 13.8 Å². The Kier molecular flexibility index (Phi) is 4.05. The molecule has 2 nitrogen and oxygen atoms in total. The fourth-order valence-electron chi connectivity index (χ4n) is 1.61. The molecule has 1 rings (SSSR count). The summed E-state index contributed by atoms with van der Waals surface area (Å²) in [5.74, 6) is 0.299. The number of rotatable bonds is 4. The third-order valence-electron chi connectivity index (χ3n) is 2.26. The summed E-state index contributed by atoms with van der Waals surface area (Å²) in [5.41, 5.74) is 2.14. The van der Waals surface area contributed by atoms with Crippen molar-refractivity contribution >= 4 is 5.78 Å². The van der Waals surface area contributed by atoms with Crippen molar-refractivity contribution in [2.24, 2.45) is 0 Å². The van der Waals surface area contributed by atoms with Crippen LogP contribution in [0.1, 0.15) is 35.3 Å². The highest BCUT2D eigenvalue weighted by Crippen LogP contribution is 2.26. The van der Waals surface area contributed by atoms with Crippen molar-refractivity contribution in [3.8, 4) is 5.75 Å². The topological polar surface area (TPSA) is 26.3 Å². The molecule has 0 radical (unpaired) electrons. The minimum absolute atomic E-state index is 0.0835. The molecule has 0 amide bonds. The lowest BCUT2D eigenvalue weighted by Crippen LogP contribution is -2.09. The summed E-state index contributed by atoms with van der Waals surface area (Å²) in [6.07, 6.45) is 0.0835. The van der Waals surface area contributed by atoms with E-state index in [1.807, 2.05) is 27.7 Å². The molecule has 0 saturated heterocycles. The number of carbonyl (C=O) groups excluding carboxylic acids is 1. The first-order valence-electron chi connectivity index (χ1n) is 5.32. The van der Waals surface area contributed by atoms with Crippen LogP contribution in [-0.2, 0) is 0 Å². The van der Waals surface area contributed by atoms with Gasteiger partial charge in [0.2, 0.25) is 0 Å². The molecular weight excluding hydrogens is 207 g/mol. The quantitative estimate of drug-likeness (QED) is 0.734. The van der Waals surface area contributed by atoms with E-state index < -0.39 is 12.5 Å². The third kappa shape index (κ3) is 2.81. The van der Waals surface area contributed by atoms with Crippen molar-refractivity contribution in [1.82, 2.24) is 0 Å². The van der Waals surface area contributed by atoms with Crippen molar-refractivity contribution in [2.75, 3.05) is 6.67 Å². The number of Topliss-reactive ketones (excluding diaryl/α,β-unsaturated/α-hetero) is 1. The van der Waals surface area contributed by atoms with Gasteiger partial charge in [-0.2, -0.15) is 0 Å². The Morgan fingerprint density at radius 3 is 2.19 bits per heavy atom. The molecule has 0 atom stereocenters. The zero-order valence-corrected chi connectivity index (χ0v) is 10.1. The lowest BCUT2D eigenvalue weighted by Gasteiger charge is -2.16. The molecule has 0 aliphatic rings. The van der Waals surface area contributed by atoms with Crippen LogP contribution in [0.5, 0.6) is 5.75 Å². The largest absolute Gasteiger partial charge is 0.490 e. The van der Waals surface area contributed by atoms with E-state index in [1.165, 1.54) is 0 Å². The predicted octanol–water partition coefficient (Wildman–Crippen LogP) is 3.24. The molecule has 0 aromatic heterocycles. The Morgan fingerprint density at radius 2 is 1.81 bits per heavy atom. The molecule has 0 bridgehead atoms. The van der Waals surface area contributed by atoms with E-state index in [-0.39, 0.29) is 6.10 Å². The monoisotopic (exact) mass is 224 g/mol. The van der Waals surface area contributed by atoms with Crippen molar-refractivity contribution in [3.63, 3.8) is 0 Å². The van der Waals surface area contributed by atoms with E-state index in [4.69, 9.17) is 4.74 Å². The van der Waals surface area contributed by atoms with Crippen molar-refractivity contribution < 1.29 is 13.9 Å². The maximum atomic E-state index is 12.3. The van der Waals surface area contributed by atoms with Gasteiger partial charge in [-0.1, -0.05) is 0 Å². The number of ketones is 1. The summed E-state index contributed by atoms with van der Waals surface area (Å²) in [5, 5.41) is 0. The molecule has 0 fully saturated rings. The predicted molar refractivity (Wildman–Crippen MR) is 62.0 cm³/mol. The van der Waals surface area contributed by atoms with Crippen LogP contribution in [0.15, 0.2) is 12.1 Å². The molecule has 88 valence electrons. The molecule has 0 aliphatic carbocycles. The number of hydrogen-bond acceptors (Lipinski definition) is 2. The van der Waals surface area contributed by atoms with E-state index in [1.54, 1.807) is 12.1 Å². The summed E-state index contributed by atoms with van der Waals surface area (Å²) in [4.78, 5) is 11.2. The van der Waals surface area contributed by atoms with E-state index in [0.717, 1.165) is 16.9 Å². The fourth-order valence-corrected chi connectivity index (χ4v) is 1.61. The number of ether oxygens (including phenoxy) is 1. The van der Waals surface area contributed by atoms with Crippen molar-refractivity contribution in [1.29, 1.82) is 0 Å². The van der Waals surface area contributed by atoms with Crippen LogP contribution in [-0.4, -0.2) is 18.6 Å². The smallest absolute Gasteiger partial charge is 0.193 e. The van der Waals surface area contributed by atoms with Crippen LogP contribution >= 0.6 is 0 Å². The second-order valence-electron chi connectivity index (χ2n) is 4.16.